The van der Waals surface area contributed by atoms with Crippen LogP contribution in [-0.4, -0.2) is 23.8 Å². The Hall–Kier alpha value is -2.43. The number of nitro groups is 1. The van der Waals surface area contributed by atoms with E-state index in [-0.39, 0.29) is 10.9 Å². The van der Waals surface area contributed by atoms with E-state index in [0.29, 0.717) is 0 Å². The van der Waals surface area contributed by atoms with Crippen LogP contribution in [0.2, 0.25) is 0 Å². The Morgan fingerprint density at radius 2 is 1.90 bits per heavy atom. The molecule has 0 aliphatic carbocycles. The van der Waals surface area contributed by atoms with Gasteiger partial charge in [0.05, 0.1) is 15.8 Å². The summed E-state index contributed by atoms with van der Waals surface area (Å²) in [4.78, 5) is 13.7. The number of alkyl halides is 3. The highest BCUT2D eigenvalue weighted by Gasteiger charge is 2.49. The van der Waals surface area contributed by atoms with Crippen molar-refractivity contribution in [3.05, 3.63) is 40.6 Å². The predicted octanol–water partition coefficient (Wildman–Crippen LogP) is 2.37. The van der Waals surface area contributed by atoms with Crippen LogP contribution >= 0.6 is 0 Å². The zero-order chi connectivity index (χ0) is 15.8. The summed E-state index contributed by atoms with van der Waals surface area (Å²) in [6.45, 7) is 0. The molecule has 7 nitrogen and oxygen atoms in total. The van der Waals surface area contributed by atoms with Gasteiger partial charge in [-0.1, -0.05) is 0 Å². The number of nitro benzene ring substituents is 1. The fraction of sp³-hybridized carbons (Fsp3) is 0.100. The van der Waals surface area contributed by atoms with Gasteiger partial charge in [-0.3, -0.25) is 15.1 Å². The molecule has 0 atom stereocenters. The molecule has 2 rings (SSSR count). The summed E-state index contributed by atoms with van der Waals surface area (Å²) in [7, 11) is -6.00. The van der Waals surface area contributed by atoms with Crippen LogP contribution in [0.15, 0.2) is 30.5 Å². The van der Waals surface area contributed by atoms with Gasteiger partial charge in [-0.25, -0.2) is 0 Å². The minimum absolute atomic E-state index is 0.112. The second-order valence-electron chi connectivity index (χ2n) is 3.72. The third-order valence-electron chi connectivity index (χ3n) is 2.39. The number of aromatic nitrogens is 1. The number of halogens is 3. The molecule has 0 saturated carbocycles. The summed E-state index contributed by atoms with van der Waals surface area (Å²) in [6, 6.07) is 4.39. The molecule has 1 aromatic carbocycles. The van der Waals surface area contributed by atoms with Gasteiger partial charge in [0.15, 0.2) is 0 Å². The monoisotopic (exact) mass is 322 g/mol. The molecule has 0 aliphatic heterocycles. The second kappa shape index (κ2) is 4.84. The number of nitrogens with zero attached hydrogens (tertiary/aromatic N) is 2. The molecule has 2 aromatic rings. The van der Waals surface area contributed by atoms with Gasteiger partial charge in [-0.05, 0) is 24.3 Å². The van der Waals surface area contributed by atoms with Crippen LogP contribution in [0, 0.1) is 10.1 Å². The van der Waals surface area contributed by atoms with Crippen molar-refractivity contribution in [3.8, 4) is 5.75 Å². The average molecular weight is 322 g/mol. The normalized spacial score (nSPS) is 12.3. The third kappa shape index (κ3) is 2.72. The van der Waals surface area contributed by atoms with E-state index < -0.39 is 32.0 Å². The van der Waals surface area contributed by atoms with Crippen molar-refractivity contribution in [3.63, 3.8) is 0 Å². The van der Waals surface area contributed by atoms with Crippen molar-refractivity contribution in [2.45, 2.75) is 5.51 Å². The molecule has 21 heavy (non-hydrogen) atoms. The summed E-state index contributed by atoms with van der Waals surface area (Å²) < 4.78 is 62.6. The van der Waals surface area contributed by atoms with Gasteiger partial charge >= 0.3 is 21.3 Å². The van der Waals surface area contributed by atoms with Crippen molar-refractivity contribution in [1.29, 1.82) is 0 Å². The summed E-state index contributed by atoms with van der Waals surface area (Å²) in [5.41, 5.74) is -6.49. The Balaban J connectivity index is 2.66. The standard InChI is InChI=1S/C10H5F3N2O5S/c11-10(12,13)21(18,19)20-8-4-3-7-6(2-1-5-14-7)9(8)15(16)17/h1-5H. The maximum atomic E-state index is 12.3. The lowest BCUT2D eigenvalue weighted by Gasteiger charge is -2.10. The molecule has 11 heteroatoms. The van der Waals surface area contributed by atoms with Gasteiger partial charge < -0.3 is 4.18 Å². The van der Waals surface area contributed by atoms with E-state index >= 15 is 0 Å². The first-order valence-electron chi connectivity index (χ1n) is 5.16. The van der Waals surface area contributed by atoms with Crippen LogP contribution in [0.3, 0.4) is 0 Å². The molecule has 0 bridgehead atoms. The topological polar surface area (TPSA) is 99.4 Å². The molecule has 0 spiro atoms. The maximum Gasteiger partial charge on any atom is 0.534 e. The van der Waals surface area contributed by atoms with Crippen LogP contribution in [-0.2, 0) is 10.1 Å². The third-order valence-corrected chi connectivity index (χ3v) is 3.35. The van der Waals surface area contributed by atoms with E-state index in [4.69, 9.17) is 0 Å². The number of fused-ring (bicyclic) bond motifs is 1. The molecule has 0 amide bonds. The summed E-state index contributed by atoms with van der Waals surface area (Å²) in [5.74, 6) is -1.03. The summed E-state index contributed by atoms with van der Waals surface area (Å²) in [6.07, 6.45) is 1.32. The fourth-order valence-corrected chi connectivity index (χ4v) is 2.00. The van der Waals surface area contributed by atoms with Gasteiger partial charge in [0.1, 0.15) is 0 Å². The van der Waals surface area contributed by atoms with Crippen molar-refractivity contribution < 1.29 is 30.7 Å². The highest BCUT2D eigenvalue weighted by molar-refractivity contribution is 7.88. The Morgan fingerprint density at radius 3 is 2.48 bits per heavy atom. The largest absolute Gasteiger partial charge is 0.534 e. The van der Waals surface area contributed by atoms with E-state index in [1.807, 2.05) is 0 Å². The minimum Gasteiger partial charge on any atom is -0.369 e. The number of hydrogen-bond acceptors (Lipinski definition) is 6. The zero-order valence-corrected chi connectivity index (χ0v) is 10.7. The zero-order valence-electron chi connectivity index (χ0n) is 9.86. The summed E-state index contributed by atoms with van der Waals surface area (Å²) in [5, 5.41) is 10.9. The first kappa shape index (κ1) is 15.0. The van der Waals surface area contributed by atoms with E-state index in [1.54, 1.807) is 0 Å². The van der Waals surface area contributed by atoms with E-state index in [9.17, 15) is 31.7 Å². The van der Waals surface area contributed by atoms with Gasteiger partial charge in [0, 0.05) is 6.20 Å². The van der Waals surface area contributed by atoms with E-state index in [2.05, 4.69) is 9.17 Å². The molecule has 0 unspecified atom stereocenters. The first-order chi connectivity index (χ1) is 9.63. The molecule has 0 N–H and O–H groups in total. The molecule has 1 aromatic heterocycles. The van der Waals surface area contributed by atoms with Crippen molar-refractivity contribution in [2.24, 2.45) is 0 Å². The fourth-order valence-electron chi connectivity index (χ4n) is 1.54. The molecule has 0 fully saturated rings. The van der Waals surface area contributed by atoms with Gasteiger partial charge in [-0.15, -0.1) is 0 Å². The lowest BCUT2D eigenvalue weighted by atomic mass is 10.1. The SMILES string of the molecule is O=[N+]([O-])c1c(OS(=O)(=O)C(F)(F)F)ccc2ncccc12. The highest BCUT2D eigenvalue weighted by atomic mass is 32.2. The van der Waals surface area contributed by atoms with Crippen molar-refractivity contribution in [1.82, 2.24) is 4.98 Å². The Labute approximate surface area is 115 Å². The first-order valence-corrected chi connectivity index (χ1v) is 6.57. The van der Waals surface area contributed by atoms with E-state index in [0.717, 1.165) is 12.1 Å². The average Bonchev–Trinajstić information content (AvgIpc) is 2.36. The van der Waals surface area contributed by atoms with Gasteiger partial charge in [-0.2, -0.15) is 21.6 Å². The summed E-state index contributed by atoms with van der Waals surface area (Å²) >= 11 is 0. The number of hydrogen-bond donors (Lipinski definition) is 0. The molecular formula is C10H5F3N2O5S. The second-order valence-corrected chi connectivity index (χ2v) is 5.26. The molecule has 112 valence electrons. The smallest absolute Gasteiger partial charge is 0.369 e. The number of benzene rings is 1. The molecule has 0 radical (unpaired) electrons. The Kier molecular flexibility index (Phi) is 3.45. The number of pyridine rings is 1. The molecular weight excluding hydrogens is 317 g/mol. The van der Waals surface area contributed by atoms with E-state index in [1.165, 1.54) is 18.3 Å². The van der Waals surface area contributed by atoms with Crippen molar-refractivity contribution >= 4 is 26.7 Å². The van der Waals surface area contributed by atoms with Crippen LogP contribution in [0.1, 0.15) is 0 Å². The van der Waals surface area contributed by atoms with Crippen molar-refractivity contribution in [2.75, 3.05) is 0 Å². The molecule has 0 saturated heterocycles. The van der Waals surface area contributed by atoms with Crippen LogP contribution in [0.5, 0.6) is 5.75 Å². The maximum absolute atomic E-state index is 12.3. The quantitative estimate of drug-likeness (QED) is 0.372. The van der Waals surface area contributed by atoms with Gasteiger partial charge in [0.2, 0.25) is 5.75 Å². The highest BCUT2D eigenvalue weighted by Crippen LogP contribution is 2.37. The predicted molar refractivity (Wildman–Crippen MR) is 64.0 cm³/mol. The molecule has 0 aliphatic rings. The Bertz CT molecular complexity index is 819. The van der Waals surface area contributed by atoms with Crippen LogP contribution in [0.4, 0.5) is 18.9 Å². The van der Waals surface area contributed by atoms with Crippen LogP contribution < -0.4 is 4.18 Å². The Morgan fingerprint density at radius 1 is 1.24 bits per heavy atom. The number of rotatable bonds is 3. The minimum atomic E-state index is -6.00. The van der Waals surface area contributed by atoms with Gasteiger partial charge in [0.25, 0.3) is 0 Å². The lowest BCUT2D eigenvalue weighted by Crippen LogP contribution is -2.28. The van der Waals surface area contributed by atoms with Crippen LogP contribution in [0.25, 0.3) is 10.9 Å². The lowest BCUT2D eigenvalue weighted by molar-refractivity contribution is -0.383. The molecule has 1 heterocycles.